The zero-order valence-electron chi connectivity index (χ0n) is 12.8. The highest BCUT2D eigenvalue weighted by Gasteiger charge is 1.98. The van der Waals surface area contributed by atoms with Gasteiger partial charge in [-0.1, -0.05) is 57.6 Å². The van der Waals surface area contributed by atoms with Gasteiger partial charge < -0.3 is 4.57 Å². The third kappa shape index (κ3) is 7.86. The highest BCUT2D eigenvalue weighted by molar-refractivity contribution is 4.96. The number of rotatable bonds is 11. The van der Waals surface area contributed by atoms with Crippen molar-refractivity contribution in [3.8, 4) is 0 Å². The van der Waals surface area contributed by atoms with Gasteiger partial charge in [-0.3, -0.25) is 0 Å². The lowest BCUT2D eigenvalue weighted by Gasteiger charge is -2.06. The van der Waals surface area contributed by atoms with Gasteiger partial charge in [0.05, 0.1) is 12.0 Å². The molecule has 0 aliphatic heterocycles. The fraction of sp³-hybridized carbons (Fsp3) is 0.706. The molecule has 0 unspecified atom stereocenters. The van der Waals surface area contributed by atoms with Crippen LogP contribution in [0.4, 0.5) is 0 Å². The van der Waals surface area contributed by atoms with E-state index in [1.807, 2.05) is 13.3 Å². The largest absolute Gasteiger partial charge is 0.337 e. The van der Waals surface area contributed by atoms with Gasteiger partial charge in [0.15, 0.2) is 0 Å². The number of nitrogens with zero attached hydrogens (tertiary/aromatic N) is 2. The Morgan fingerprint density at radius 2 is 1.79 bits per heavy atom. The fourth-order valence-electron chi connectivity index (χ4n) is 2.34. The normalized spacial score (nSPS) is 10.8. The van der Waals surface area contributed by atoms with E-state index in [1.165, 1.54) is 56.9 Å². The molecule has 0 aliphatic carbocycles. The molecule has 0 saturated heterocycles. The predicted molar refractivity (Wildman–Crippen MR) is 83.3 cm³/mol. The maximum atomic E-state index is 4.24. The van der Waals surface area contributed by atoms with Crippen molar-refractivity contribution in [3.05, 3.63) is 30.4 Å². The fourth-order valence-corrected chi connectivity index (χ4v) is 2.34. The Morgan fingerprint density at radius 1 is 1.11 bits per heavy atom. The van der Waals surface area contributed by atoms with E-state index in [0.29, 0.717) is 0 Å². The third-order valence-electron chi connectivity index (χ3n) is 3.62. The summed E-state index contributed by atoms with van der Waals surface area (Å²) in [5.41, 5.74) is 2.48. The van der Waals surface area contributed by atoms with Gasteiger partial charge in [-0.25, -0.2) is 4.98 Å². The van der Waals surface area contributed by atoms with Gasteiger partial charge in [0, 0.05) is 12.7 Å². The van der Waals surface area contributed by atoms with Gasteiger partial charge in [-0.05, 0) is 26.2 Å². The second kappa shape index (κ2) is 9.82. The molecule has 1 aromatic heterocycles. The molecule has 0 aliphatic rings. The summed E-state index contributed by atoms with van der Waals surface area (Å²) in [4.78, 5) is 4.24. The lowest BCUT2D eigenvalue weighted by Crippen LogP contribution is -1.96. The Bertz CT molecular complexity index is 352. The summed E-state index contributed by atoms with van der Waals surface area (Å²) in [6.45, 7) is 9.52. The number of hydrogen-bond acceptors (Lipinski definition) is 1. The van der Waals surface area contributed by atoms with Crippen LogP contribution in [0, 0.1) is 6.92 Å². The van der Waals surface area contributed by atoms with Gasteiger partial charge >= 0.3 is 0 Å². The van der Waals surface area contributed by atoms with Crippen LogP contribution in [0.25, 0.3) is 0 Å². The van der Waals surface area contributed by atoms with Crippen LogP contribution in [0.3, 0.4) is 0 Å². The second-order valence-corrected chi connectivity index (χ2v) is 5.62. The van der Waals surface area contributed by atoms with E-state index in [4.69, 9.17) is 0 Å². The van der Waals surface area contributed by atoms with Gasteiger partial charge in [0.1, 0.15) is 0 Å². The van der Waals surface area contributed by atoms with E-state index in [2.05, 4.69) is 29.3 Å². The van der Waals surface area contributed by atoms with Crippen LogP contribution in [0.15, 0.2) is 24.7 Å². The summed E-state index contributed by atoms with van der Waals surface area (Å²) >= 11 is 0. The van der Waals surface area contributed by atoms with Crippen LogP contribution in [0.1, 0.15) is 70.4 Å². The Hall–Kier alpha value is -1.05. The minimum absolute atomic E-state index is 1.02. The quantitative estimate of drug-likeness (QED) is 0.392. The van der Waals surface area contributed by atoms with Crippen LogP contribution >= 0.6 is 0 Å². The average molecular weight is 262 g/mol. The standard InChI is InChI=1S/C17H30N2/c1-4-5-6-7-8-9-10-11-16(2)12-13-19-14-17(3)18-15-19/h14-15H,2,4-13H2,1,3H3. The zero-order chi connectivity index (χ0) is 13.9. The van der Waals surface area contributed by atoms with E-state index in [-0.39, 0.29) is 0 Å². The van der Waals surface area contributed by atoms with Crippen molar-refractivity contribution >= 4 is 0 Å². The van der Waals surface area contributed by atoms with Crippen molar-refractivity contribution in [1.29, 1.82) is 0 Å². The Labute approximate surface area is 118 Å². The molecule has 0 atom stereocenters. The molecule has 0 amide bonds. The number of aromatic nitrogens is 2. The van der Waals surface area contributed by atoms with Crippen molar-refractivity contribution < 1.29 is 0 Å². The molecular weight excluding hydrogens is 232 g/mol. The minimum Gasteiger partial charge on any atom is -0.337 e. The molecule has 0 aromatic carbocycles. The first kappa shape index (κ1) is 16.0. The Morgan fingerprint density at radius 3 is 2.42 bits per heavy atom. The number of unbranched alkanes of at least 4 members (excludes halogenated alkanes) is 6. The minimum atomic E-state index is 1.02. The SMILES string of the molecule is C=C(CCCCCCCCC)CCn1cnc(C)c1. The van der Waals surface area contributed by atoms with Crippen molar-refractivity contribution in [2.45, 2.75) is 78.2 Å². The molecule has 1 heterocycles. The first-order valence-electron chi connectivity index (χ1n) is 7.87. The van der Waals surface area contributed by atoms with Crippen LogP contribution in [0.2, 0.25) is 0 Å². The maximum Gasteiger partial charge on any atom is 0.0949 e. The van der Waals surface area contributed by atoms with E-state index >= 15 is 0 Å². The van der Waals surface area contributed by atoms with E-state index in [1.54, 1.807) is 0 Å². The average Bonchev–Trinajstić information content (AvgIpc) is 2.81. The lowest BCUT2D eigenvalue weighted by atomic mass is 10.0. The van der Waals surface area contributed by atoms with Crippen molar-refractivity contribution in [3.63, 3.8) is 0 Å². The molecule has 0 radical (unpaired) electrons. The maximum absolute atomic E-state index is 4.24. The third-order valence-corrected chi connectivity index (χ3v) is 3.62. The van der Waals surface area contributed by atoms with Crippen LogP contribution in [-0.4, -0.2) is 9.55 Å². The van der Waals surface area contributed by atoms with E-state index in [0.717, 1.165) is 18.7 Å². The molecule has 2 nitrogen and oxygen atoms in total. The highest BCUT2D eigenvalue weighted by Crippen LogP contribution is 2.14. The van der Waals surface area contributed by atoms with E-state index < -0.39 is 0 Å². The van der Waals surface area contributed by atoms with Crippen LogP contribution in [0.5, 0.6) is 0 Å². The van der Waals surface area contributed by atoms with Gasteiger partial charge in [0.2, 0.25) is 0 Å². The zero-order valence-corrected chi connectivity index (χ0v) is 12.8. The van der Waals surface area contributed by atoms with Gasteiger partial charge in [-0.2, -0.15) is 0 Å². The summed E-state index contributed by atoms with van der Waals surface area (Å²) < 4.78 is 2.16. The number of aryl methyl sites for hydroxylation is 2. The second-order valence-electron chi connectivity index (χ2n) is 5.62. The number of hydrogen-bond donors (Lipinski definition) is 0. The van der Waals surface area contributed by atoms with Gasteiger partial charge in [-0.15, -0.1) is 0 Å². The molecule has 108 valence electrons. The molecule has 0 bridgehead atoms. The smallest absolute Gasteiger partial charge is 0.0949 e. The summed E-state index contributed by atoms with van der Waals surface area (Å²) in [7, 11) is 0. The molecule has 1 rings (SSSR count). The predicted octanol–water partition coefficient (Wildman–Crippen LogP) is 5.28. The summed E-state index contributed by atoms with van der Waals surface area (Å²) in [6, 6.07) is 0. The van der Waals surface area contributed by atoms with Crippen LogP contribution in [-0.2, 0) is 6.54 Å². The molecular formula is C17H30N2. The highest BCUT2D eigenvalue weighted by atomic mass is 15.0. The van der Waals surface area contributed by atoms with Crippen molar-refractivity contribution in [2.75, 3.05) is 0 Å². The number of allylic oxidation sites excluding steroid dienone is 1. The summed E-state index contributed by atoms with van der Waals surface area (Å²) in [5, 5.41) is 0. The summed E-state index contributed by atoms with van der Waals surface area (Å²) in [6.07, 6.45) is 15.9. The number of imidazole rings is 1. The molecule has 1 aromatic rings. The molecule has 0 fully saturated rings. The molecule has 0 saturated carbocycles. The first-order chi connectivity index (χ1) is 9.22. The van der Waals surface area contributed by atoms with Crippen molar-refractivity contribution in [1.82, 2.24) is 9.55 Å². The monoisotopic (exact) mass is 262 g/mol. The molecule has 0 spiro atoms. The van der Waals surface area contributed by atoms with Crippen LogP contribution < -0.4 is 0 Å². The molecule has 0 N–H and O–H groups in total. The molecule has 2 heteroatoms. The molecule has 19 heavy (non-hydrogen) atoms. The van der Waals surface area contributed by atoms with Gasteiger partial charge in [0.25, 0.3) is 0 Å². The topological polar surface area (TPSA) is 17.8 Å². The lowest BCUT2D eigenvalue weighted by molar-refractivity contribution is 0.580. The van der Waals surface area contributed by atoms with E-state index in [9.17, 15) is 0 Å². The Balaban J connectivity index is 1.96. The van der Waals surface area contributed by atoms with Crippen molar-refractivity contribution in [2.24, 2.45) is 0 Å². The first-order valence-corrected chi connectivity index (χ1v) is 7.87. The Kier molecular flexibility index (Phi) is 8.28. The summed E-state index contributed by atoms with van der Waals surface area (Å²) in [5.74, 6) is 0.